The third-order valence-corrected chi connectivity index (χ3v) is 12.4. The molecule has 0 saturated heterocycles. The van der Waals surface area contributed by atoms with E-state index in [0.29, 0.717) is 56.1 Å². The monoisotopic (exact) mass is 836 g/mol. The van der Waals surface area contributed by atoms with Crippen LogP contribution >= 0.6 is 0 Å². The van der Waals surface area contributed by atoms with E-state index in [1.165, 1.54) is 0 Å². The van der Waals surface area contributed by atoms with E-state index < -0.39 is 0 Å². The number of benzene rings is 6. The van der Waals surface area contributed by atoms with Crippen LogP contribution in [0.5, 0.6) is 0 Å². The van der Waals surface area contributed by atoms with E-state index in [9.17, 15) is 0 Å². The first-order valence-electron chi connectivity index (χ1n) is 21.3. The molecule has 0 unspecified atom stereocenters. The molecule has 0 aromatic heterocycles. The van der Waals surface area contributed by atoms with Crippen LogP contribution in [0.4, 0.5) is 63.1 Å². The summed E-state index contributed by atoms with van der Waals surface area (Å²) in [6, 6.07) is 27.8. The fourth-order valence-electron chi connectivity index (χ4n) is 9.03. The van der Waals surface area contributed by atoms with Crippen molar-refractivity contribution in [3.63, 3.8) is 0 Å². The highest BCUT2D eigenvalue weighted by Crippen LogP contribution is 2.58. The fraction of sp³-hybridized carbons (Fsp3) is 0.296. The Kier molecular flexibility index (Phi) is 10.2. The standard InChI is InChI=1S/C54H56F4N4/c1-29-19-39(20-30(2)47(29)55)59-43-17-15-37(53(9,10)11)27-45(43)61(41-23-33(5)49(57)34(6)24-41)51(59)52-60(40-21-31(3)48(56)32(4)22-40)44-18-16-38(54(12,13)14)28-46(44)62(52)42-25-35(7)50(58)36(8)26-42/h15-28H,1-14H3/b52-51-. The maximum atomic E-state index is 15.7. The normalized spacial score (nSPS) is 15.3. The number of fused-ring (bicyclic) bond motifs is 2. The summed E-state index contributed by atoms with van der Waals surface area (Å²) in [5, 5.41) is 0. The molecular weight excluding hydrogens is 781 g/mol. The van der Waals surface area contributed by atoms with Gasteiger partial charge in [-0.3, -0.25) is 19.6 Å². The van der Waals surface area contributed by atoms with Crippen LogP contribution in [-0.4, -0.2) is 0 Å². The molecule has 62 heavy (non-hydrogen) atoms. The predicted octanol–water partition coefficient (Wildman–Crippen LogP) is 15.7. The second-order valence-corrected chi connectivity index (χ2v) is 19.5. The van der Waals surface area contributed by atoms with Gasteiger partial charge in [0.1, 0.15) is 23.3 Å². The molecule has 8 heteroatoms. The van der Waals surface area contributed by atoms with E-state index in [1.54, 1.807) is 55.4 Å². The summed E-state index contributed by atoms with van der Waals surface area (Å²) in [6.07, 6.45) is 0. The first kappa shape index (κ1) is 42.7. The lowest BCUT2D eigenvalue weighted by molar-refractivity contribution is 0.590. The van der Waals surface area contributed by atoms with Crippen LogP contribution in [-0.2, 0) is 10.8 Å². The van der Waals surface area contributed by atoms with Gasteiger partial charge in [-0.05, 0) is 195 Å². The van der Waals surface area contributed by atoms with Gasteiger partial charge in [-0.15, -0.1) is 0 Å². The minimum atomic E-state index is -0.284. The van der Waals surface area contributed by atoms with Gasteiger partial charge in [0, 0.05) is 22.7 Å². The van der Waals surface area contributed by atoms with Crippen LogP contribution in [0.1, 0.15) is 97.2 Å². The lowest BCUT2D eigenvalue weighted by Gasteiger charge is -2.35. The van der Waals surface area contributed by atoms with Crippen LogP contribution in [0.3, 0.4) is 0 Å². The topological polar surface area (TPSA) is 13.0 Å². The van der Waals surface area contributed by atoms with Gasteiger partial charge in [0.25, 0.3) is 0 Å². The molecule has 8 rings (SSSR count). The van der Waals surface area contributed by atoms with Gasteiger partial charge < -0.3 is 0 Å². The molecule has 0 bridgehead atoms. The van der Waals surface area contributed by atoms with Crippen LogP contribution in [0.25, 0.3) is 0 Å². The van der Waals surface area contributed by atoms with E-state index in [1.807, 2.05) is 48.5 Å². The van der Waals surface area contributed by atoms with Crippen molar-refractivity contribution in [3.05, 3.63) is 175 Å². The Bertz CT molecular complexity index is 2590. The number of rotatable bonds is 4. The molecule has 0 amide bonds. The van der Waals surface area contributed by atoms with Gasteiger partial charge in [0.2, 0.25) is 0 Å². The van der Waals surface area contributed by atoms with Gasteiger partial charge in [0.15, 0.2) is 11.6 Å². The molecule has 0 saturated carbocycles. The van der Waals surface area contributed by atoms with E-state index in [-0.39, 0.29) is 34.1 Å². The highest BCUT2D eigenvalue weighted by Gasteiger charge is 2.46. The van der Waals surface area contributed by atoms with E-state index in [4.69, 9.17) is 0 Å². The largest absolute Gasteiger partial charge is 0.291 e. The number of hydrogen-bond donors (Lipinski definition) is 0. The molecule has 4 nitrogen and oxygen atoms in total. The molecule has 6 aromatic rings. The first-order valence-corrected chi connectivity index (χ1v) is 21.3. The van der Waals surface area contributed by atoms with Crippen molar-refractivity contribution in [3.8, 4) is 0 Å². The Hall–Kier alpha value is -6.02. The lowest BCUT2D eigenvalue weighted by atomic mass is 9.86. The molecule has 2 heterocycles. The lowest BCUT2D eigenvalue weighted by Crippen LogP contribution is -2.34. The van der Waals surface area contributed by atoms with Gasteiger partial charge >= 0.3 is 0 Å². The SMILES string of the molecule is Cc1cc(N2/C(=C3\N(c4cc(C)c(F)c(C)c4)c4ccc(C(C)(C)C)cc4N3c3cc(C)c(F)c(C)c3)N(c3cc(C)c(F)c(C)c3)c3cc(C(C)(C)C)ccc32)cc(C)c1F. The highest BCUT2D eigenvalue weighted by molar-refractivity contribution is 6.00. The number of nitrogens with zero attached hydrogens (tertiary/aromatic N) is 4. The Morgan fingerprint density at radius 2 is 0.516 bits per heavy atom. The van der Waals surface area contributed by atoms with Gasteiger partial charge in [-0.2, -0.15) is 0 Å². The fourth-order valence-corrected chi connectivity index (χ4v) is 9.03. The number of anilines is 8. The second-order valence-electron chi connectivity index (χ2n) is 19.5. The van der Waals surface area contributed by atoms with Crippen LogP contribution in [0.15, 0.2) is 96.6 Å². The van der Waals surface area contributed by atoms with Crippen molar-refractivity contribution >= 4 is 45.5 Å². The summed E-state index contributed by atoms with van der Waals surface area (Å²) in [7, 11) is 0. The van der Waals surface area contributed by atoms with E-state index >= 15 is 17.6 Å². The van der Waals surface area contributed by atoms with Crippen LogP contribution in [0.2, 0.25) is 0 Å². The maximum absolute atomic E-state index is 15.7. The van der Waals surface area contributed by atoms with Crippen molar-refractivity contribution in [2.45, 2.75) is 108 Å². The number of hydrogen-bond acceptors (Lipinski definition) is 4. The zero-order valence-corrected chi connectivity index (χ0v) is 38.4. The van der Waals surface area contributed by atoms with Crippen LogP contribution in [0, 0.1) is 78.7 Å². The Labute approximate surface area is 364 Å². The third kappa shape index (κ3) is 6.92. The molecule has 0 radical (unpaired) electrons. The average molecular weight is 837 g/mol. The van der Waals surface area contributed by atoms with E-state index in [0.717, 1.165) is 56.6 Å². The molecule has 2 aliphatic heterocycles. The van der Waals surface area contributed by atoms with E-state index in [2.05, 4.69) is 97.5 Å². The molecule has 2 aliphatic rings. The summed E-state index contributed by atoms with van der Waals surface area (Å²) < 4.78 is 62.8. The number of aryl methyl sites for hydroxylation is 8. The zero-order valence-electron chi connectivity index (χ0n) is 38.4. The smallest absolute Gasteiger partial charge is 0.166 e. The summed E-state index contributed by atoms with van der Waals surface area (Å²) in [5.41, 5.74) is 11.8. The second kappa shape index (κ2) is 14.8. The quantitative estimate of drug-likeness (QED) is 0.164. The average Bonchev–Trinajstić information content (AvgIpc) is 3.71. The highest BCUT2D eigenvalue weighted by atomic mass is 19.1. The minimum Gasteiger partial charge on any atom is -0.291 e. The summed E-state index contributed by atoms with van der Waals surface area (Å²) >= 11 is 0. The van der Waals surface area contributed by atoms with Crippen molar-refractivity contribution in [1.82, 2.24) is 0 Å². The molecule has 0 N–H and O–H groups in total. The Balaban J connectivity index is 1.64. The zero-order chi connectivity index (χ0) is 45.1. The number of halogens is 4. The molecule has 6 aromatic carbocycles. The predicted molar refractivity (Wildman–Crippen MR) is 249 cm³/mol. The molecule has 0 atom stereocenters. The Morgan fingerprint density at radius 3 is 0.726 bits per heavy atom. The summed E-state index contributed by atoms with van der Waals surface area (Å²) in [4.78, 5) is 8.67. The molecule has 0 aliphatic carbocycles. The first-order chi connectivity index (χ1) is 29.0. The molecular formula is C54H56F4N4. The summed E-state index contributed by atoms with van der Waals surface area (Å²) in [6.45, 7) is 27.2. The van der Waals surface area contributed by atoms with Gasteiger partial charge in [0.05, 0.1) is 22.7 Å². The van der Waals surface area contributed by atoms with Crippen molar-refractivity contribution in [2.24, 2.45) is 0 Å². The van der Waals surface area contributed by atoms with Crippen LogP contribution < -0.4 is 19.6 Å². The van der Waals surface area contributed by atoms with Gasteiger partial charge in [-0.25, -0.2) is 17.6 Å². The molecule has 0 fully saturated rings. The van der Waals surface area contributed by atoms with Crippen molar-refractivity contribution in [2.75, 3.05) is 19.6 Å². The molecule has 320 valence electrons. The molecule has 0 spiro atoms. The van der Waals surface area contributed by atoms with Crippen molar-refractivity contribution < 1.29 is 17.6 Å². The maximum Gasteiger partial charge on any atom is 0.166 e. The summed E-state index contributed by atoms with van der Waals surface area (Å²) in [5.74, 6) is 0.187. The van der Waals surface area contributed by atoms with Gasteiger partial charge in [-0.1, -0.05) is 53.7 Å². The third-order valence-electron chi connectivity index (χ3n) is 12.4. The van der Waals surface area contributed by atoms with Crippen molar-refractivity contribution in [1.29, 1.82) is 0 Å². The Morgan fingerprint density at radius 1 is 0.306 bits per heavy atom. The minimum absolute atomic E-state index is 0.240.